The van der Waals surface area contributed by atoms with E-state index in [0.717, 1.165) is 12.2 Å². The molecule has 0 radical (unpaired) electrons. The molecule has 0 aliphatic heterocycles. The lowest BCUT2D eigenvalue weighted by atomic mass is 10.1. The molecule has 1 aromatic rings. The third-order valence-corrected chi connectivity index (χ3v) is 2.56. The Labute approximate surface area is 104 Å². The molecule has 0 saturated carbocycles. The van der Waals surface area contributed by atoms with Crippen molar-refractivity contribution in [3.8, 4) is 5.75 Å². The molecule has 1 aromatic carbocycles. The van der Waals surface area contributed by atoms with E-state index in [9.17, 15) is 0 Å². The molecule has 0 aliphatic carbocycles. The van der Waals surface area contributed by atoms with Crippen LogP contribution in [0.5, 0.6) is 5.75 Å². The second-order valence-electron chi connectivity index (χ2n) is 4.02. The normalized spacial score (nSPS) is 12.4. The van der Waals surface area contributed by atoms with E-state index in [0.29, 0.717) is 19.8 Å². The molecule has 0 aromatic heterocycles. The lowest BCUT2D eigenvalue weighted by Crippen LogP contribution is -2.30. The van der Waals surface area contributed by atoms with Gasteiger partial charge >= 0.3 is 0 Å². The Morgan fingerprint density at radius 3 is 2.41 bits per heavy atom. The van der Waals surface area contributed by atoms with Crippen molar-refractivity contribution in [1.29, 1.82) is 0 Å². The van der Waals surface area contributed by atoms with Crippen LogP contribution in [-0.4, -0.2) is 25.9 Å². The molecule has 2 N–H and O–H groups in total. The molecule has 0 aliphatic rings. The third kappa shape index (κ3) is 5.20. The van der Waals surface area contributed by atoms with Gasteiger partial charge in [0.25, 0.3) is 0 Å². The molecule has 96 valence electrons. The molecule has 0 amide bonds. The summed E-state index contributed by atoms with van der Waals surface area (Å²) in [4.78, 5) is 0. The number of hydrogen-bond donors (Lipinski definition) is 1. The van der Waals surface area contributed by atoms with E-state index in [-0.39, 0.29) is 6.10 Å². The largest absolute Gasteiger partial charge is 0.491 e. The van der Waals surface area contributed by atoms with Gasteiger partial charge in [-0.3, -0.25) is 0 Å². The average molecular weight is 237 g/mol. The van der Waals surface area contributed by atoms with Crippen molar-refractivity contribution in [2.24, 2.45) is 5.73 Å². The zero-order valence-corrected chi connectivity index (χ0v) is 10.8. The van der Waals surface area contributed by atoms with Gasteiger partial charge < -0.3 is 15.2 Å². The van der Waals surface area contributed by atoms with Crippen LogP contribution in [0.4, 0.5) is 0 Å². The second kappa shape index (κ2) is 8.09. The predicted molar refractivity (Wildman–Crippen MR) is 70.4 cm³/mol. The predicted octanol–water partition coefficient (Wildman–Crippen LogP) is 2.38. The van der Waals surface area contributed by atoms with Gasteiger partial charge in [-0.1, -0.05) is 25.5 Å². The molecule has 0 bridgehead atoms. The minimum Gasteiger partial charge on any atom is -0.491 e. The average Bonchev–Trinajstić information content (AvgIpc) is 2.36. The summed E-state index contributed by atoms with van der Waals surface area (Å²) in [7, 11) is 0. The van der Waals surface area contributed by atoms with Crippen LogP contribution in [0.15, 0.2) is 24.3 Å². The number of benzene rings is 1. The number of ether oxygens (including phenoxy) is 2. The summed E-state index contributed by atoms with van der Waals surface area (Å²) in [5.41, 5.74) is 6.93. The zero-order chi connectivity index (χ0) is 12.5. The second-order valence-corrected chi connectivity index (χ2v) is 4.02. The van der Waals surface area contributed by atoms with Crippen LogP contribution in [0.1, 0.15) is 25.8 Å². The van der Waals surface area contributed by atoms with Crippen molar-refractivity contribution < 1.29 is 9.47 Å². The van der Waals surface area contributed by atoms with Gasteiger partial charge in [-0.15, -0.1) is 0 Å². The van der Waals surface area contributed by atoms with Gasteiger partial charge in [0.15, 0.2) is 0 Å². The Kier molecular flexibility index (Phi) is 6.67. The van der Waals surface area contributed by atoms with Crippen LogP contribution < -0.4 is 10.5 Å². The van der Waals surface area contributed by atoms with Crippen LogP contribution in [0.3, 0.4) is 0 Å². The highest BCUT2D eigenvalue weighted by Gasteiger charge is 2.06. The maximum atomic E-state index is 5.64. The molecule has 17 heavy (non-hydrogen) atoms. The minimum absolute atomic E-state index is 0.0182. The van der Waals surface area contributed by atoms with Crippen molar-refractivity contribution in [1.82, 2.24) is 0 Å². The summed E-state index contributed by atoms with van der Waals surface area (Å²) in [6.07, 6.45) is 2.26. The number of aryl methyl sites for hydroxylation is 1. The Morgan fingerprint density at radius 1 is 1.18 bits per heavy atom. The van der Waals surface area contributed by atoms with Crippen LogP contribution in [0, 0.1) is 0 Å². The Hall–Kier alpha value is -1.06. The molecule has 0 heterocycles. The molecule has 3 nitrogen and oxygen atoms in total. The molecule has 0 saturated heterocycles. The number of hydrogen-bond acceptors (Lipinski definition) is 3. The lowest BCUT2D eigenvalue weighted by Gasteiger charge is -2.15. The van der Waals surface area contributed by atoms with E-state index < -0.39 is 0 Å². The highest BCUT2D eigenvalue weighted by Crippen LogP contribution is 2.13. The van der Waals surface area contributed by atoms with E-state index in [2.05, 4.69) is 19.1 Å². The molecule has 1 rings (SSSR count). The molecule has 1 unspecified atom stereocenters. The van der Waals surface area contributed by atoms with Crippen molar-refractivity contribution in [2.45, 2.75) is 32.8 Å². The van der Waals surface area contributed by atoms with Gasteiger partial charge in [0.05, 0.1) is 0 Å². The summed E-state index contributed by atoms with van der Waals surface area (Å²) in [6.45, 7) is 5.81. The maximum Gasteiger partial charge on any atom is 0.119 e. The number of rotatable bonds is 8. The maximum absolute atomic E-state index is 5.64. The van der Waals surface area contributed by atoms with E-state index in [1.165, 1.54) is 12.0 Å². The fourth-order valence-electron chi connectivity index (χ4n) is 1.65. The first kappa shape index (κ1) is 14.0. The SMILES string of the molecule is CCCc1ccc(OCC(CN)OCC)cc1. The van der Waals surface area contributed by atoms with Gasteiger partial charge in [0.2, 0.25) is 0 Å². The summed E-state index contributed by atoms with van der Waals surface area (Å²) < 4.78 is 11.1. The van der Waals surface area contributed by atoms with E-state index in [1.54, 1.807) is 0 Å². The summed E-state index contributed by atoms with van der Waals surface area (Å²) in [5.74, 6) is 0.878. The van der Waals surface area contributed by atoms with Crippen LogP contribution >= 0.6 is 0 Å². The number of nitrogens with two attached hydrogens (primary N) is 1. The van der Waals surface area contributed by atoms with Gasteiger partial charge in [-0.05, 0) is 31.0 Å². The summed E-state index contributed by atoms with van der Waals surface area (Å²) in [6, 6.07) is 8.23. The van der Waals surface area contributed by atoms with Gasteiger partial charge in [-0.2, -0.15) is 0 Å². The zero-order valence-electron chi connectivity index (χ0n) is 10.8. The molecule has 3 heteroatoms. The molecule has 0 fully saturated rings. The lowest BCUT2D eigenvalue weighted by molar-refractivity contribution is 0.0337. The van der Waals surface area contributed by atoms with Crippen LogP contribution in [0.25, 0.3) is 0 Å². The van der Waals surface area contributed by atoms with Crippen molar-refractivity contribution >= 4 is 0 Å². The van der Waals surface area contributed by atoms with Crippen LogP contribution in [0.2, 0.25) is 0 Å². The van der Waals surface area contributed by atoms with E-state index in [1.807, 2.05) is 19.1 Å². The quantitative estimate of drug-likeness (QED) is 0.755. The standard InChI is InChI=1S/C14H23NO2/c1-3-5-12-6-8-13(9-7-12)17-11-14(10-15)16-4-2/h6-9,14H,3-5,10-11,15H2,1-2H3. The highest BCUT2D eigenvalue weighted by molar-refractivity contribution is 5.27. The van der Waals surface area contributed by atoms with Gasteiger partial charge in [0.1, 0.15) is 18.5 Å². The molecular formula is C14H23NO2. The third-order valence-electron chi connectivity index (χ3n) is 2.56. The van der Waals surface area contributed by atoms with E-state index >= 15 is 0 Å². The van der Waals surface area contributed by atoms with Gasteiger partial charge in [-0.25, -0.2) is 0 Å². The van der Waals surface area contributed by atoms with Gasteiger partial charge in [0, 0.05) is 13.2 Å². The van der Waals surface area contributed by atoms with Crippen molar-refractivity contribution in [3.63, 3.8) is 0 Å². The topological polar surface area (TPSA) is 44.5 Å². The first-order valence-corrected chi connectivity index (χ1v) is 6.33. The fourth-order valence-corrected chi connectivity index (χ4v) is 1.65. The smallest absolute Gasteiger partial charge is 0.119 e. The summed E-state index contributed by atoms with van der Waals surface area (Å²) >= 11 is 0. The first-order valence-electron chi connectivity index (χ1n) is 6.33. The van der Waals surface area contributed by atoms with Crippen LogP contribution in [-0.2, 0) is 11.2 Å². The summed E-state index contributed by atoms with van der Waals surface area (Å²) in [5, 5.41) is 0. The van der Waals surface area contributed by atoms with Crippen molar-refractivity contribution in [2.75, 3.05) is 19.8 Å². The Balaban J connectivity index is 2.40. The Morgan fingerprint density at radius 2 is 1.88 bits per heavy atom. The molecule has 0 spiro atoms. The highest BCUT2D eigenvalue weighted by atomic mass is 16.5. The fraction of sp³-hybridized carbons (Fsp3) is 0.571. The van der Waals surface area contributed by atoms with Crippen molar-refractivity contribution in [3.05, 3.63) is 29.8 Å². The monoisotopic (exact) mass is 237 g/mol. The Bertz CT molecular complexity index is 298. The molecular weight excluding hydrogens is 214 g/mol. The molecule has 1 atom stereocenters. The van der Waals surface area contributed by atoms with E-state index in [4.69, 9.17) is 15.2 Å². The minimum atomic E-state index is -0.0182. The first-order chi connectivity index (χ1) is 8.30.